The second-order valence-corrected chi connectivity index (χ2v) is 7.11. The van der Waals surface area contributed by atoms with Crippen molar-refractivity contribution in [2.45, 2.75) is 47.1 Å². The topological polar surface area (TPSA) is 68.0 Å². The Bertz CT molecular complexity index is 676. The molecule has 1 unspecified atom stereocenters. The number of fused-ring (bicyclic) bond motifs is 1. The number of amides is 1. The summed E-state index contributed by atoms with van der Waals surface area (Å²) in [6.45, 7) is 10.3. The van der Waals surface area contributed by atoms with Crippen LogP contribution in [0, 0.1) is 19.8 Å². The van der Waals surface area contributed by atoms with Crippen LogP contribution in [0.1, 0.15) is 48.1 Å². The molecule has 114 valence electrons. The summed E-state index contributed by atoms with van der Waals surface area (Å²) in [6.07, 6.45) is 0.951. The van der Waals surface area contributed by atoms with Gasteiger partial charge in [-0.3, -0.25) is 4.79 Å². The molecule has 0 saturated heterocycles. The maximum Gasteiger partial charge on any atom is 0.263 e. The molecular weight excluding hydrogens is 282 g/mol. The minimum absolute atomic E-state index is 0.0966. The van der Waals surface area contributed by atoms with E-state index in [1.807, 2.05) is 26.8 Å². The van der Waals surface area contributed by atoms with Gasteiger partial charge in [0.2, 0.25) is 0 Å². The van der Waals surface area contributed by atoms with Crippen molar-refractivity contribution in [1.29, 1.82) is 0 Å². The largest absolute Gasteiger partial charge is 0.397 e. The first-order valence-corrected chi connectivity index (χ1v) is 8.08. The fourth-order valence-electron chi connectivity index (χ4n) is 2.69. The van der Waals surface area contributed by atoms with Gasteiger partial charge in [-0.1, -0.05) is 13.8 Å². The van der Waals surface area contributed by atoms with E-state index in [2.05, 4.69) is 24.1 Å². The number of nitrogens with zero attached hydrogens (tertiary/aromatic N) is 1. The fraction of sp³-hybridized carbons (Fsp3) is 0.500. The van der Waals surface area contributed by atoms with Gasteiger partial charge in [-0.15, -0.1) is 11.3 Å². The van der Waals surface area contributed by atoms with E-state index < -0.39 is 0 Å². The van der Waals surface area contributed by atoms with Crippen LogP contribution in [0.2, 0.25) is 0 Å². The quantitative estimate of drug-likeness (QED) is 0.905. The van der Waals surface area contributed by atoms with Crippen molar-refractivity contribution in [1.82, 2.24) is 10.3 Å². The highest BCUT2D eigenvalue weighted by atomic mass is 32.1. The zero-order valence-electron chi connectivity index (χ0n) is 13.3. The van der Waals surface area contributed by atoms with Gasteiger partial charge in [0, 0.05) is 17.1 Å². The number of carbonyl (C=O) groups excluding carboxylic acids is 1. The lowest BCUT2D eigenvalue weighted by atomic mass is 10.1. The maximum atomic E-state index is 12.4. The van der Waals surface area contributed by atoms with E-state index in [9.17, 15) is 4.79 Å². The molecule has 2 aromatic heterocycles. The summed E-state index contributed by atoms with van der Waals surface area (Å²) in [5.41, 5.74) is 8.74. The number of rotatable bonds is 4. The van der Waals surface area contributed by atoms with Gasteiger partial charge in [-0.25, -0.2) is 4.98 Å². The summed E-state index contributed by atoms with van der Waals surface area (Å²) < 4.78 is 0. The highest BCUT2D eigenvalue weighted by Gasteiger charge is 2.20. The van der Waals surface area contributed by atoms with Crippen LogP contribution in [0.15, 0.2) is 6.07 Å². The number of nitrogen functional groups attached to an aromatic ring is 1. The van der Waals surface area contributed by atoms with Gasteiger partial charge < -0.3 is 11.1 Å². The van der Waals surface area contributed by atoms with Crippen LogP contribution in [0.4, 0.5) is 5.69 Å². The first kappa shape index (κ1) is 15.8. The number of nitrogens with two attached hydrogens (primary N) is 1. The number of anilines is 1. The van der Waals surface area contributed by atoms with Crippen LogP contribution >= 0.6 is 11.3 Å². The summed E-state index contributed by atoms with van der Waals surface area (Å²) in [7, 11) is 0. The van der Waals surface area contributed by atoms with Gasteiger partial charge in [-0.05, 0) is 44.7 Å². The van der Waals surface area contributed by atoms with Gasteiger partial charge in [0.05, 0.1) is 5.69 Å². The number of nitrogens with one attached hydrogen (secondary N) is 1. The van der Waals surface area contributed by atoms with E-state index in [1.54, 1.807) is 0 Å². The number of hydrogen-bond donors (Lipinski definition) is 2. The number of hydrogen-bond acceptors (Lipinski definition) is 4. The van der Waals surface area contributed by atoms with Crippen molar-refractivity contribution in [2.75, 3.05) is 5.73 Å². The molecule has 0 spiro atoms. The molecule has 0 radical (unpaired) electrons. The van der Waals surface area contributed by atoms with Crippen molar-refractivity contribution in [3.8, 4) is 0 Å². The molecule has 5 heteroatoms. The first-order valence-electron chi connectivity index (χ1n) is 7.26. The molecule has 2 rings (SSSR count). The zero-order valence-corrected chi connectivity index (χ0v) is 14.1. The lowest BCUT2D eigenvalue weighted by Crippen LogP contribution is -2.33. The molecule has 1 amide bonds. The molecule has 3 N–H and O–H groups in total. The fourth-order valence-corrected chi connectivity index (χ4v) is 3.81. The lowest BCUT2D eigenvalue weighted by Gasteiger charge is -2.15. The molecule has 2 aromatic rings. The van der Waals surface area contributed by atoms with E-state index >= 15 is 0 Å². The Labute approximate surface area is 129 Å². The Hall–Kier alpha value is -1.62. The zero-order chi connectivity index (χ0) is 15.7. The van der Waals surface area contributed by atoms with E-state index in [0.717, 1.165) is 27.9 Å². The summed E-state index contributed by atoms with van der Waals surface area (Å²) in [5, 5.41) is 3.94. The standard InChI is InChI=1S/C16H23N3OS/c1-8(2)6-10(4)18-15(20)14-13(17)12-9(3)7-11(5)19-16(12)21-14/h7-8,10H,6,17H2,1-5H3,(H,18,20). The Morgan fingerprint density at radius 2 is 2.05 bits per heavy atom. The molecule has 1 atom stereocenters. The van der Waals surface area contributed by atoms with Crippen molar-refractivity contribution in [2.24, 2.45) is 5.92 Å². The number of carbonyl (C=O) groups is 1. The third kappa shape index (κ3) is 3.35. The van der Waals surface area contributed by atoms with Crippen molar-refractivity contribution in [3.63, 3.8) is 0 Å². The molecule has 0 saturated carbocycles. The molecule has 0 bridgehead atoms. The molecular formula is C16H23N3OS. The summed E-state index contributed by atoms with van der Waals surface area (Å²) >= 11 is 1.37. The number of pyridine rings is 1. The molecule has 2 heterocycles. The van der Waals surface area contributed by atoms with Crippen molar-refractivity contribution in [3.05, 3.63) is 22.2 Å². The van der Waals surface area contributed by atoms with Crippen LogP contribution < -0.4 is 11.1 Å². The van der Waals surface area contributed by atoms with E-state index in [1.165, 1.54) is 11.3 Å². The van der Waals surface area contributed by atoms with Gasteiger partial charge in [0.1, 0.15) is 9.71 Å². The van der Waals surface area contributed by atoms with Crippen LogP contribution in [0.5, 0.6) is 0 Å². The normalized spacial score (nSPS) is 12.9. The molecule has 21 heavy (non-hydrogen) atoms. The van der Waals surface area contributed by atoms with Gasteiger partial charge in [-0.2, -0.15) is 0 Å². The molecule has 0 fully saturated rings. The summed E-state index contributed by atoms with van der Waals surface area (Å²) in [5.74, 6) is 0.451. The van der Waals surface area contributed by atoms with Crippen molar-refractivity contribution >= 4 is 33.1 Å². The highest BCUT2D eigenvalue weighted by molar-refractivity contribution is 7.21. The Kier molecular flexibility index (Phi) is 4.52. The number of aromatic nitrogens is 1. The van der Waals surface area contributed by atoms with E-state index in [-0.39, 0.29) is 11.9 Å². The predicted molar refractivity (Wildman–Crippen MR) is 89.9 cm³/mol. The Balaban J connectivity index is 2.32. The molecule has 4 nitrogen and oxygen atoms in total. The van der Waals surface area contributed by atoms with Crippen LogP contribution in [-0.4, -0.2) is 16.9 Å². The molecule has 0 aliphatic carbocycles. The average molecular weight is 305 g/mol. The monoisotopic (exact) mass is 305 g/mol. The van der Waals surface area contributed by atoms with Crippen LogP contribution in [0.3, 0.4) is 0 Å². The molecule has 0 aliphatic heterocycles. The Morgan fingerprint density at radius 1 is 1.38 bits per heavy atom. The van der Waals surface area contributed by atoms with Crippen molar-refractivity contribution < 1.29 is 4.79 Å². The third-order valence-corrected chi connectivity index (χ3v) is 4.53. The second-order valence-electron chi connectivity index (χ2n) is 6.11. The minimum Gasteiger partial charge on any atom is -0.397 e. The minimum atomic E-state index is -0.0966. The van der Waals surface area contributed by atoms with Crippen LogP contribution in [0.25, 0.3) is 10.2 Å². The Morgan fingerprint density at radius 3 is 2.67 bits per heavy atom. The van der Waals surface area contributed by atoms with Gasteiger partial charge in [0.25, 0.3) is 5.91 Å². The average Bonchev–Trinajstić information content (AvgIpc) is 2.65. The number of thiophene rings is 1. The summed E-state index contributed by atoms with van der Waals surface area (Å²) in [6, 6.07) is 2.13. The second kappa shape index (κ2) is 6.02. The van der Waals surface area contributed by atoms with E-state index in [4.69, 9.17) is 5.73 Å². The predicted octanol–water partition coefficient (Wildman–Crippen LogP) is 3.66. The first-order chi connectivity index (χ1) is 9.79. The third-order valence-electron chi connectivity index (χ3n) is 3.43. The maximum absolute atomic E-state index is 12.4. The summed E-state index contributed by atoms with van der Waals surface area (Å²) in [4.78, 5) is 18.3. The van der Waals surface area contributed by atoms with Crippen LogP contribution in [-0.2, 0) is 0 Å². The van der Waals surface area contributed by atoms with Gasteiger partial charge >= 0.3 is 0 Å². The smallest absolute Gasteiger partial charge is 0.263 e. The number of aryl methyl sites for hydroxylation is 2. The van der Waals surface area contributed by atoms with E-state index in [0.29, 0.717) is 16.5 Å². The molecule has 0 aromatic carbocycles. The molecule has 0 aliphatic rings. The van der Waals surface area contributed by atoms with Gasteiger partial charge in [0.15, 0.2) is 0 Å². The highest BCUT2D eigenvalue weighted by Crippen LogP contribution is 2.34. The lowest BCUT2D eigenvalue weighted by molar-refractivity contribution is 0.0941. The SMILES string of the molecule is Cc1cc(C)c2c(N)c(C(=O)NC(C)CC(C)C)sc2n1.